The summed E-state index contributed by atoms with van der Waals surface area (Å²) in [5.41, 5.74) is 0.713. The molecule has 0 saturated heterocycles. The molecular formula is C23H26N4O7. The Morgan fingerprint density at radius 3 is 2.53 bits per heavy atom. The number of nitrogens with zero attached hydrogens (tertiary/aromatic N) is 3. The van der Waals surface area contributed by atoms with Crippen LogP contribution in [0.4, 0.5) is 4.79 Å². The van der Waals surface area contributed by atoms with Crippen LogP contribution in [0.25, 0.3) is 10.9 Å². The van der Waals surface area contributed by atoms with Gasteiger partial charge < -0.3 is 18.9 Å². The maximum absolute atomic E-state index is 12.3. The first-order valence-electron chi connectivity index (χ1n) is 11.0. The number of hydrogen-bond donors (Lipinski definition) is 1. The molecule has 1 atom stereocenters. The van der Waals surface area contributed by atoms with Gasteiger partial charge in [0.25, 0.3) is 6.04 Å². The Morgan fingerprint density at radius 1 is 1.09 bits per heavy atom. The summed E-state index contributed by atoms with van der Waals surface area (Å²) in [6.45, 7) is 0. The number of amides is 1. The minimum Gasteiger partial charge on any atom is -0.493 e. The monoisotopic (exact) mass is 470 g/mol. The highest BCUT2D eigenvalue weighted by Crippen LogP contribution is 2.35. The fourth-order valence-corrected chi connectivity index (χ4v) is 4.10. The molecule has 0 aliphatic heterocycles. The molecule has 11 nitrogen and oxygen atoms in total. The van der Waals surface area contributed by atoms with E-state index in [1.807, 2.05) is 0 Å². The predicted octanol–water partition coefficient (Wildman–Crippen LogP) is 3.90. The molecule has 1 unspecified atom stereocenters. The summed E-state index contributed by atoms with van der Waals surface area (Å²) in [7, 11) is 3.04. The van der Waals surface area contributed by atoms with Gasteiger partial charge >= 0.3 is 6.09 Å². The smallest absolute Gasteiger partial charge is 0.411 e. The number of hydrogen-bond acceptors (Lipinski definition) is 9. The Bertz CT molecular complexity index is 1140. The lowest BCUT2D eigenvalue weighted by atomic mass is 9.98. The number of methoxy groups -OCH3 is 2. The Morgan fingerprint density at radius 2 is 1.82 bits per heavy atom. The zero-order chi connectivity index (χ0) is 24.1. The Labute approximate surface area is 195 Å². The molecule has 2 aliphatic rings. The molecule has 11 heteroatoms. The van der Waals surface area contributed by atoms with E-state index in [4.69, 9.17) is 18.9 Å². The summed E-state index contributed by atoms with van der Waals surface area (Å²) >= 11 is 0. The van der Waals surface area contributed by atoms with Crippen molar-refractivity contribution in [3.8, 4) is 17.4 Å². The second kappa shape index (κ2) is 10.4. The predicted molar refractivity (Wildman–Crippen MR) is 121 cm³/mol. The van der Waals surface area contributed by atoms with Crippen molar-refractivity contribution in [2.24, 2.45) is 0 Å². The molecule has 1 saturated carbocycles. The van der Waals surface area contributed by atoms with E-state index >= 15 is 0 Å². The minimum absolute atomic E-state index is 0.0681. The molecule has 2 aromatic rings. The van der Waals surface area contributed by atoms with E-state index in [-0.39, 0.29) is 24.1 Å². The van der Waals surface area contributed by atoms with Gasteiger partial charge in [-0.25, -0.2) is 14.8 Å². The van der Waals surface area contributed by atoms with Crippen LogP contribution in [0.5, 0.6) is 17.4 Å². The average Bonchev–Trinajstić information content (AvgIpc) is 2.84. The first-order valence-corrected chi connectivity index (χ1v) is 11.0. The SMILES string of the molecule is COc1cc2ncnc(OC3=CC=C(NC(=O)OC4CCCCC4)C([N+](=O)[O-])C3)c2cc1OC. The van der Waals surface area contributed by atoms with Crippen LogP contribution in [0.15, 0.2) is 42.1 Å². The maximum atomic E-state index is 12.3. The molecule has 1 heterocycles. The highest BCUT2D eigenvalue weighted by molar-refractivity contribution is 5.86. The van der Waals surface area contributed by atoms with Gasteiger partial charge in [0.1, 0.15) is 18.2 Å². The van der Waals surface area contributed by atoms with Crippen LogP contribution in [-0.4, -0.2) is 47.3 Å². The Balaban J connectivity index is 1.53. The zero-order valence-electron chi connectivity index (χ0n) is 19.0. The first-order chi connectivity index (χ1) is 16.5. The van der Waals surface area contributed by atoms with Crippen LogP contribution in [0, 0.1) is 10.1 Å². The van der Waals surface area contributed by atoms with Crippen LogP contribution >= 0.6 is 0 Å². The van der Waals surface area contributed by atoms with Crippen LogP contribution in [0.3, 0.4) is 0 Å². The average molecular weight is 470 g/mol. The standard InChI is InChI=1S/C23H26N4O7/c1-31-20-11-16-18(12-21(20)32-2)24-13-25-22(16)33-15-8-9-17(19(10-15)27(29)30)26-23(28)34-14-6-4-3-5-7-14/h8-9,11-14,19H,3-7,10H2,1-2H3,(H,26,28). The van der Waals surface area contributed by atoms with Gasteiger partial charge in [0.05, 0.1) is 37.2 Å². The molecular weight excluding hydrogens is 444 g/mol. The topological polar surface area (TPSA) is 135 Å². The van der Waals surface area contributed by atoms with E-state index in [2.05, 4.69) is 15.3 Å². The fourth-order valence-electron chi connectivity index (χ4n) is 4.10. The van der Waals surface area contributed by atoms with Gasteiger partial charge in [0, 0.05) is 11.0 Å². The number of rotatable bonds is 7. The van der Waals surface area contributed by atoms with Crippen LogP contribution in [-0.2, 0) is 4.74 Å². The highest BCUT2D eigenvalue weighted by Gasteiger charge is 2.33. The molecule has 1 aromatic heterocycles. The molecule has 180 valence electrons. The molecule has 0 spiro atoms. The molecule has 0 radical (unpaired) electrons. The van der Waals surface area contributed by atoms with Crippen molar-refractivity contribution in [2.75, 3.05) is 14.2 Å². The molecule has 1 aromatic carbocycles. The first kappa shape index (κ1) is 23.3. The number of fused-ring (bicyclic) bond motifs is 1. The number of nitrogens with one attached hydrogen (secondary N) is 1. The van der Waals surface area contributed by atoms with Gasteiger partial charge in [-0.3, -0.25) is 15.4 Å². The fraction of sp³-hybridized carbons (Fsp3) is 0.435. The lowest BCUT2D eigenvalue weighted by Crippen LogP contribution is -2.38. The minimum atomic E-state index is -1.19. The van der Waals surface area contributed by atoms with Crippen molar-refractivity contribution in [1.82, 2.24) is 15.3 Å². The third kappa shape index (κ3) is 5.19. The van der Waals surface area contributed by atoms with Crippen molar-refractivity contribution in [2.45, 2.75) is 50.7 Å². The molecule has 1 N–H and O–H groups in total. The number of ether oxygens (including phenoxy) is 4. The lowest BCUT2D eigenvalue weighted by molar-refractivity contribution is -0.512. The summed E-state index contributed by atoms with van der Waals surface area (Å²) in [6, 6.07) is 2.18. The maximum Gasteiger partial charge on any atom is 0.411 e. The van der Waals surface area contributed by atoms with Gasteiger partial charge in [-0.2, -0.15) is 0 Å². The number of alkyl carbamates (subject to hydrolysis) is 1. The van der Waals surface area contributed by atoms with Gasteiger partial charge in [0.2, 0.25) is 5.88 Å². The number of benzene rings is 1. The van der Waals surface area contributed by atoms with Gasteiger partial charge in [-0.1, -0.05) is 6.42 Å². The lowest BCUT2D eigenvalue weighted by Gasteiger charge is -2.23. The van der Waals surface area contributed by atoms with Crippen molar-refractivity contribution in [3.63, 3.8) is 0 Å². The molecule has 0 bridgehead atoms. The van der Waals surface area contributed by atoms with Gasteiger partial charge in [-0.15, -0.1) is 0 Å². The Hall–Kier alpha value is -3.89. The van der Waals surface area contributed by atoms with E-state index < -0.39 is 17.1 Å². The van der Waals surface area contributed by atoms with Crippen LogP contribution in [0.2, 0.25) is 0 Å². The largest absolute Gasteiger partial charge is 0.493 e. The normalized spacial score (nSPS) is 18.5. The molecule has 2 aliphatic carbocycles. The van der Waals surface area contributed by atoms with Crippen molar-refractivity contribution in [3.05, 3.63) is 52.2 Å². The molecule has 1 amide bonds. The summed E-state index contributed by atoms with van der Waals surface area (Å²) in [4.78, 5) is 32.0. The van der Waals surface area contributed by atoms with Gasteiger partial charge in [-0.05, 0) is 43.9 Å². The highest BCUT2D eigenvalue weighted by atomic mass is 16.6. The second-order valence-corrected chi connectivity index (χ2v) is 8.06. The third-order valence-electron chi connectivity index (χ3n) is 5.86. The van der Waals surface area contributed by atoms with E-state index in [9.17, 15) is 14.9 Å². The van der Waals surface area contributed by atoms with Crippen molar-refractivity contribution >= 4 is 17.0 Å². The van der Waals surface area contributed by atoms with Crippen molar-refractivity contribution in [1.29, 1.82) is 0 Å². The molecule has 4 rings (SSSR count). The summed E-state index contributed by atoms with van der Waals surface area (Å²) in [6.07, 6.45) is 8.25. The summed E-state index contributed by atoms with van der Waals surface area (Å²) in [5, 5.41) is 14.8. The summed E-state index contributed by atoms with van der Waals surface area (Å²) < 4.78 is 22.0. The number of allylic oxidation sites excluding steroid dienone is 2. The number of nitro groups is 1. The van der Waals surface area contributed by atoms with E-state index in [1.54, 1.807) is 18.2 Å². The van der Waals surface area contributed by atoms with Crippen LogP contribution < -0.4 is 19.5 Å². The third-order valence-corrected chi connectivity index (χ3v) is 5.86. The molecule has 34 heavy (non-hydrogen) atoms. The second-order valence-electron chi connectivity index (χ2n) is 8.06. The number of carbonyl (C=O) groups excluding carboxylic acids is 1. The zero-order valence-corrected chi connectivity index (χ0v) is 19.0. The summed E-state index contributed by atoms with van der Waals surface area (Å²) in [5.74, 6) is 1.52. The van der Waals surface area contributed by atoms with E-state index in [0.29, 0.717) is 28.2 Å². The number of carbonyl (C=O) groups is 1. The van der Waals surface area contributed by atoms with E-state index in [1.165, 1.54) is 26.6 Å². The van der Waals surface area contributed by atoms with E-state index in [0.717, 1.165) is 32.1 Å². The van der Waals surface area contributed by atoms with Crippen molar-refractivity contribution < 1.29 is 28.7 Å². The quantitative estimate of drug-likeness (QED) is 0.472. The molecule has 1 fully saturated rings. The Kier molecular flexibility index (Phi) is 7.09. The van der Waals surface area contributed by atoms with Crippen LogP contribution in [0.1, 0.15) is 38.5 Å². The van der Waals surface area contributed by atoms with Gasteiger partial charge in [0.15, 0.2) is 11.5 Å². The number of aromatic nitrogens is 2.